The Balaban J connectivity index is 2.15. The fraction of sp³-hybridized carbons (Fsp3) is 0.188. The second kappa shape index (κ2) is 6.96. The topological polar surface area (TPSA) is 41.1 Å². The SMILES string of the molecule is CNC(=O)c1cc(NCc2ccc(C)cc2Br)ccc1Cl. The minimum Gasteiger partial charge on any atom is -0.381 e. The molecule has 0 saturated heterocycles. The average Bonchev–Trinajstić information content (AvgIpc) is 2.47. The van der Waals surface area contributed by atoms with E-state index in [1.54, 1.807) is 19.2 Å². The summed E-state index contributed by atoms with van der Waals surface area (Å²) in [4.78, 5) is 11.7. The van der Waals surface area contributed by atoms with Gasteiger partial charge >= 0.3 is 0 Å². The molecule has 110 valence electrons. The van der Waals surface area contributed by atoms with Crippen LogP contribution in [-0.2, 0) is 6.54 Å². The first-order valence-electron chi connectivity index (χ1n) is 6.52. The Bertz CT molecular complexity index is 673. The summed E-state index contributed by atoms with van der Waals surface area (Å²) in [5.41, 5.74) is 3.67. The van der Waals surface area contributed by atoms with E-state index in [4.69, 9.17) is 11.6 Å². The van der Waals surface area contributed by atoms with Crippen molar-refractivity contribution in [1.29, 1.82) is 0 Å². The quantitative estimate of drug-likeness (QED) is 0.842. The van der Waals surface area contributed by atoms with Gasteiger partial charge in [0.1, 0.15) is 0 Å². The molecular formula is C16H16BrClN2O. The predicted molar refractivity (Wildman–Crippen MR) is 91.0 cm³/mol. The molecule has 0 fully saturated rings. The van der Waals surface area contributed by atoms with Gasteiger partial charge in [-0.05, 0) is 42.3 Å². The lowest BCUT2D eigenvalue weighted by molar-refractivity contribution is 0.0963. The molecule has 0 spiro atoms. The number of carbonyl (C=O) groups is 1. The zero-order valence-corrected chi connectivity index (χ0v) is 14.2. The zero-order chi connectivity index (χ0) is 15.4. The number of rotatable bonds is 4. The zero-order valence-electron chi connectivity index (χ0n) is 11.8. The number of anilines is 1. The van der Waals surface area contributed by atoms with Crippen molar-refractivity contribution in [3.05, 3.63) is 62.6 Å². The number of aryl methyl sites for hydroxylation is 1. The van der Waals surface area contributed by atoms with E-state index in [9.17, 15) is 4.79 Å². The van der Waals surface area contributed by atoms with E-state index in [2.05, 4.69) is 51.7 Å². The first kappa shape index (κ1) is 15.9. The summed E-state index contributed by atoms with van der Waals surface area (Å²) in [5.74, 6) is -0.194. The Kier molecular flexibility index (Phi) is 5.26. The molecule has 0 bridgehead atoms. The standard InChI is InChI=1S/C16H16BrClN2O/c1-10-3-4-11(14(17)7-10)9-20-12-5-6-15(18)13(8-12)16(21)19-2/h3-8,20H,9H2,1-2H3,(H,19,21). The third kappa shape index (κ3) is 3.99. The van der Waals surface area contributed by atoms with E-state index in [0.717, 1.165) is 15.7 Å². The first-order valence-corrected chi connectivity index (χ1v) is 7.69. The monoisotopic (exact) mass is 366 g/mol. The third-order valence-electron chi connectivity index (χ3n) is 3.13. The lowest BCUT2D eigenvalue weighted by atomic mass is 10.1. The maximum Gasteiger partial charge on any atom is 0.252 e. The Hall–Kier alpha value is -1.52. The number of hydrogen-bond acceptors (Lipinski definition) is 2. The summed E-state index contributed by atoms with van der Waals surface area (Å²) in [7, 11) is 1.59. The minimum absolute atomic E-state index is 0.194. The molecule has 5 heteroatoms. The highest BCUT2D eigenvalue weighted by molar-refractivity contribution is 9.10. The second-order valence-corrected chi connectivity index (χ2v) is 5.98. The van der Waals surface area contributed by atoms with Crippen molar-refractivity contribution in [2.45, 2.75) is 13.5 Å². The molecular weight excluding hydrogens is 352 g/mol. The van der Waals surface area contributed by atoms with Gasteiger partial charge in [0.05, 0.1) is 10.6 Å². The van der Waals surface area contributed by atoms with E-state index in [0.29, 0.717) is 17.1 Å². The molecule has 0 radical (unpaired) electrons. The van der Waals surface area contributed by atoms with Crippen molar-refractivity contribution in [2.24, 2.45) is 0 Å². The van der Waals surface area contributed by atoms with Crippen LogP contribution in [0.15, 0.2) is 40.9 Å². The highest BCUT2D eigenvalue weighted by atomic mass is 79.9. The lowest BCUT2D eigenvalue weighted by Gasteiger charge is -2.11. The summed E-state index contributed by atoms with van der Waals surface area (Å²) in [6.45, 7) is 2.71. The van der Waals surface area contributed by atoms with Crippen LogP contribution in [0, 0.1) is 6.92 Å². The van der Waals surface area contributed by atoms with Gasteiger partial charge in [0, 0.05) is 23.8 Å². The van der Waals surface area contributed by atoms with Crippen LogP contribution in [0.1, 0.15) is 21.5 Å². The number of benzene rings is 2. The Morgan fingerprint density at radius 2 is 2.00 bits per heavy atom. The van der Waals surface area contributed by atoms with Crippen molar-refractivity contribution in [2.75, 3.05) is 12.4 Å². The van der Waals surface area contributed by atoms with Gasteiger partial charge in [0.15, 0.2) is 0 Å². The molecule has 0 aromatic heterocycles. The third-order valence-corrected chi connectivity index (χ3v) is 4.20. The van der Waals surface area contributed by atoms with E-state index in [1.165, 1.54) is 5.56 Å². The smallest absolute Gasteiger partial charge is 0.252 e. The van der Waals surface area contributed by atoms with Gasteiger partial charge in [-0.2, -0.15) is 0 Å². The molecule has 2 rings (SSSR count). The highest BCUT2D eigenvalue weighted by Crippen LogP contribution is 2.23. The molecule has 21 heavy (non-hydrogen) atoms. The minimum atomic E-state index is -0.194. The van der Waals surface area contributed by atoms with E-state index < -0.39 is 0 Å². The van der Waals surface area contributed by atoms with Gasteiger partial charge in [-0.1, -0.05) is 39.7 Å². The van der Waals surface area contributed by atoms with Gasteiger partial charge in [0.25, 0.3) is 5.91 Å². The second-order valence-electron chi connectivity index (χ2n) is 4.72. The summed E-state index contributed by atoms with van der Waals surface area (Å²) < 4.78 is 1.07. The maximum atomic E-state index is 11.7. The average molecular weight is 368 g/mol. The molecule has 0 aliphatic heterocycles. The summed E-state index contributed by atoms with van der Waals surface area (Å²) in [6, 6.07) is 11.6. The van der Waals surface area contributed by atoms with Gasteiger partial charge in [-0.25, -0.2) is 0 Å². The molecule has 2 aromatic carbocycles. The number of hydrogen-bond donors (Lipinski definition) is 2. The van der Waals surface area contributed by atoms with Crippen LogP contribution in [0.25, 0.3) is 0 Å². The van der Waals surface area contributed by atoms with Crippen LogP contribution in [0.2, 0.25) is 5.02 Å². The van der Waals surface area contributed by atoms with E-state index in [1.807, 2.05) is 6.07 Å². The van der Waals surface area contributed by atoms with Crippen LogP contribution in [-0.4, -0.2) is 13.0 Å². The molecule has 2 N–H and O–H groups in total. The van der Waals surface area contributed by atoms with Gasteiger partial charge in [-0.15, -0.1) is 0 Å². The molecule has 1 amide bonds. The molecule has 0 saturated carbocycles. The van der Waals surface area contributed by atoms with Gasteiger partial charge < -0.3 is 10.6 Å². The number of carbonyl (C=O) groups excluding carboxylic acids is 1. The summed E-state index contributed by atoms with van der Waals surface area (Å²) >= 11 is 9.59. The molecule has 0 unspecified atom stereocenters. The molecule has 0 aliphatic carbocycles. The number of halogens is 2. The van der Waals surface area contributed by atoms with Crippen LogP contribution in [0.4, 0.5) is 5.69 Å². The van der Waals surface area contributed by atoms with Crippen LogP contribution >= 0.6 is 27.5 Å². The normalized spacial score (nSPS) is 10.3. The highest BCUT2D eigenvalue weighted by Gasteiger charge is 2.09. The maximum absolute atomic E-state index is 11.7. The largest absolute Gasteiger partial charge is 0.381 e. The van der Waals surface area contributed by atoms with Crippen molar-refractivity contribution in [1.82, 2.24) is 5.32 Å². The van der Waals surface area contributed by atoms with Crippen molar-refractivity contribution in [3.8, 4) is 0 Å². The number of nitrogens with one attached hydrogen (secondary N) is 2. The summed E-state index contributed by atoms with van der Waals surface area (Å²) in [6.07, 6.45) is 0. The lowest BCUT2D eigenvalue weighted by Crippen LogP contribution is -2.18. The van der Waals surface area contributed by atoms with Crippen molar-refractivity contribution >= 4 is 39.1 Å². The molecule has 0 atom stereocenters. The van der Waals surface area contributed by atoms with Gasteiger partial charge in [-0.3, -0.25) is 4.79 Å². The Morgan fingerprint density at radius 3 is 2.67 bits per heavy atom. The molecule has 3 nitrogen and oxygen atoms in total. The number of amides is 1. The van der Waals surface area contributed by atoms with Crippen molar-refractivity contribution < 1.29 is 4.79 Å². The summed E-state index contributed by atoms with van der Waals surface area (Å²) in [5, 5.41) is 6.32. The Labute approximate surface area is 137 Å². The molecule has 0 heterocycles. The molecule has 2 aromatic rings. The van der Waals surface area contributed by atoms with E-state index >= 15 is 0 Å². The fourth-order valence-corrected chi connectivity index (χ4v) is 2.77. The van der Waals surface area contributed by atoms with Crippen LogP contribution in [0.5, 0.6) is 0 Å². The first-order chi connectivity index (χ1) is 10.0. The Morgan fingerprint density at radius 1 is 1.24 bits per heavy atom. The fourth-order valence-electron chi connectivity index (χ4n) is 1.94. The van der Waals surface area contributed by atoms with Crippen LogP contribution in [0.3, 0.4) is 0 Å². The van der Waals surface area contributed by atoms with Gasteiger partial charge in [0.2, 0.25) is 0 Å². The predicted octanol–water partition coefficient (Wildman–Crippen LogP) is 4.38. The van der Waals surface area contributed by atoms with E-state index in [-0.39, 0.29) is 5.91 Å². The molecule has 0 aliphatic rings. The van der Waals surface area contributed by atoms with Crippen LogP contribution < -0.4 is 10.6 Å². The van der Waals surface area contributed by atoms with Crippen molar-refractivity contribution in [3.63, 3.8) is 0 Å².